The molecule has 30 heavy (non-hydrogen) atoms. The first kappa shape index (κ1) is 19.1. The Hall–Kier alpha value is -2.84. The lowest BCUT2D eigenvalue weighted by Gasteiger charge is -2.52. The lowest BCUT2D eigenvalue weighted by atomic mass is 9.89. The highest BCUT2D eigenvalue weighted by molar-refractivity contribution is 5.95. The Morgan fingerprint density at radius 2 is 2.03 bits per heavy atom. The molecule has 0 aromatic carbocycles. The topological polar surface area (TPSA) is 87.8 Å². The summed E-state index contributed by atoms with van der Waals surface area (Å²) >= 11 is 0. The minimum absolute atomic E-state index is 0.0212. The van der Waals surface area contributed by atoms with Crippen molar-refractivity contribution in [3.05, 3.63) is 22.6 Å². The van der Waals surface area contributed by atoms with Crippen molar-refractivity contribution in [2.45, 2.75) is 45.3 Å². The van der Waals surface area contributed by atoms with Crippen molar-refractivity contribution in [2.75, 3.05) is 24.5 Å². The van der Waals surface area contributed by atoms with Crippen LogP contribution in [0.3, 0.4) is 0 Å². The molecule has 9 nitrogen and oxygen atoms in total. The lowest BCUT2D eigenvalue weighted by Crippen LogP contribution is -2.65. The third kappa shape index (κ3) is 2.98. The van der Waals surface area contributed by atoms with Crippen LogP contribution in [0, 0.1) is 11.8 Å². The average molecular weight is 412 g/mol. The number of piperazine rings is 1. The number of carbonyl (C=O) groups excluding carboxylic acids is 1. The number of carbonyl (C=O) groups is 1. The maximum absolute atomic E-state index is 12.9. The van der Waals surface area contributed by atoms with E-state index in [4.69, 9.17) is 4.98 Å². The van der Waals surface area contributed by atoms with Crippen LogP contribution >= 0.6 is 0 Å². The molecule has 3 fully saturated rings. The molecule has 3 atom stereocenters. The van der Waals surface area contributed by atoms with Crippen LogP contribution in [0.2, 0.25) is 0 Å². The van der Waals surface area contributed by atoms with Gasteiger partial charge in [0, 0.05) is 51.5 Å². The number of fused-ring (bicyclic) bond motifs is 4. The number of imidazole rings is 1. The highest BCUT2D eigenvalue weighted by atomic mass is 16.2. The van der Waals surface area contributed by atoms with Gasteiger partial charge in [-0.25, -0.2) is 9.78 Å². The Kier molecular flexibility index (Phi) is 4.56. The fraction of sp³-hybridized carbons (Fsp3) is 0.619. The molecule has 3 saturated heterocycles. The summed E-state index contributed by atoms with van der Waals surface area (Å²) in [4.78, 5) is 34.8. The van der Waals surface area contributed by atoms with Gasteiger partial charge in [0.2, 0.25) is 5.91 Å². The van der Waals surface area contributed by atoms with Crippen LogP contribution in [0.1, 0.15) is 26.7 Å². The molecule has 1 N–H and O–H groups in total. The number of hydrogen-bond donors (Lipinski definition) is 1. The fourth-order valence-corrected chi connectivity index (χ4v) is 5.05. The first-order chi connectivity index (χ1) is 14.4. The van der Waals surface area contributed by atoms with E-state index in [9.17, 15) is 9.59 Å². The molecule has 6 heterocycles. The van der Waals surface area contributed by atoms with Gasteiger partial charge in [-0.15, -0.1) is 0 Å². The maximum Gasteiger partial charge on any atom is 0.330 e. The smallest absolute Gasteiger partial charge is 0.330 e. The number of nitrogens with zero attached hydrogens (tertiary/aromatic N) is 6. The first-order valence-corrected chi connectivity index (χ1v) is 10.8. The second-order valence-electron chi connectivity index (χ2n) is 9.13. The predicted octanol–water partition coefficient (Wildman–Crippen LogP) is 0.776. The van der Waals surface area contributed by atoms with E-state index in [0.717, 1.165) is 42.9 Å². The standard InChI is InChI=1S/C21H29N7O2/c1-13(2)10-28-17-6-7-18(24-19(17)25(3)21(28)30)26-11-16-5-4-15(26)12-27(16)20(29)14-8-22-23-9-14/h6-8,13-16,23H,4-5,9-12H2,1-3H3. The van der Waals surface area contributed by atoms with Crippen molar-refractivity contribution in [3.8, 4) is 0 Å². The van der Waals surface area contributed by atoms with E-state index in [-0.39, 0.29) is 29.6 Å². The Morgan fingerprint density at radius 3 is 2.70 bits per heavy atom. The lowest BCUT2D eigenvalue weighted by molar-refractivity contribution is -0.138. The Morgan fingerprint density at radius 1 is 1.23 bits per heavy atom. The second kappa shape index (κ2) is 7.14. The molecule has 1 amide bonds. The molecule has 0 saturated carbocycles. The average Bonchev–Trinajstić information content (AvgIpc) is 3.37. The van der Waals surface area contributed by atoms with E-state index in [1.54, 1.807) is 17.8 Å². The zero-order valence-corrected chi connectivity index (χ0v) is 17.8. The van der Waals surface area contributed by atoms with E-state index >= 15 is 0 Å². The maximum atomic E-state index is 12.9. The number of hydrogen-bond acceptors (Lipinski definition) is 6. The van der Waals surface area contributed by atoms with Crippen molar-refractivity contribution in [2.24, 2.45) is 24.0 Å². The third-order valence-electron chi connectivity index (χ3n) is 6.59. The van der Waals surface area contributed by atoms with Crippen molar-refractivity contribution >= 4 is 29.1 Å². The van der Waals surface area contributed by atoms with E-state index in [2.05, 4.69) is 29.3 Å². The first-order valence-electron chi connectivity index (χ1n) is 10.8. The minimum atomic E-state index is -0.150. The summed E-state index contributed by atoms with van der Waals surface area (Å²) in [6, 6.07) is 4.50. The van der Waals surface area contributed by atoms with Crippen LogP contribution in [0.4, 0.5) is 5.82 Å². The molecule has 2 aromatic heterocycles. The molecule has 0 aliphatic carbocycles. The second-order valence-corrected chi connectivity index (χ2v) is 9.13. The van der Waals surface area contributed by atoms with Gasteiger partial charge in [0.25, 0.3) is 0 Å². The van der Waals surface area contributed by atoms with Crippen molar-refractivity contribution in [1.29, 1.82) is 0 Å². The van der Waals surface area contributed by atoms with Gasteiger partial charge in [0.1, 0.15) is 5.82 Å². The van der Waals surface area contributed by atoms with E-state index in [0.29, 0.717) is 19.0 Å². The van der Waals surface area contributed by atoms with Crippen LogP contribution in [0.25, 0.3) is 11.2 Å². The summed E-state index contributed by atoms with van der Waals surface area (Å²) in [5, 5.41) is 4.00. The molecular weight excluding hydrogens is 382 g/mol. The van der Waals surface area contributed by atoms with Gasteiger partial charge in [-0.1, -0.05) is 13.8 Å². The Labute approximate surface area is 175 Å². The minimum Gasteiger partial charge on any atom is -0.350 e. The van der Waals surface area contributed by atoms with Crippen LogP contribution in [-0.4, -0.2) is 62.9 Å². The van der Waals surface area contributed by atoms with Gasteiger partial charge in [-0.05, 0) is 30.9 Å². The van der Waals surface area contributed by atoms with Crippen molar-refractivity contribution in [3.63, 3.8) is 0 Å². The van der Waals surface area contributed by atoms with Gasteiger partial charge in [0.05, 0.1) is 11.4 Å². The summed E-state index contributed by atoms with van der Waals surface area (Å²) in [6.07, 6.45) is 3.80. The van der Waals surface area contributed by atoms with Gasteiger partial charge in [-0.2, -0.15) is 5.10 Å². The van der Waals surface area contributed by atoms with Crippen LogP contribution in [0.15, 0.2) is 22.0 Å². The highest BCUT2D eigenvalue weighted by Gasteiger charge is 2.43. The predicted molar refractivity (Wildman–Crippen MR) is 116 cm³/mol. The molecule has 2 bridgehead atoms. The van der Waals surface area contributed by atoms with Crippen LogP contribution in [-0.2, 0) is 18.4 Å². The molecule has 3 unspecified atom stereocenters. The summed E-state index contributed by atoms with van der Waals surface area (Å²) in [6.45, 7) is 7.00. The van der Waals surface area contributed by atoms with Crippen LogP contribution in [0.5, 0.6) is 0 Å². The van der Waals surface area contributed by atoms with E-state index in [1.807, 2.05) is 21.6 Å². The molecule has 160 valence electrons. The monoisotopic (exact) mass is 411 g/mol. The summed E-state index contributed by atoms with van der Waals surface area (Å²) in [5.74, 6) is 1.30. The zero-order valence-electron chi connectivity index (χ0n) is 17.8. The van der Waals surface area contributed by atoms with Crippen LogP contribution < -0.4 is 16.0 Å². The number of rotatable bonds is 4. The SMILES string of the molecule is CC(C)Cn1c(=O)n(C)c2nc(N3CC4CCC3CN4C(=O)C3C=NNC3)ccc21. The van der Waals surface area contributed by atoms with Crippen molar-refractivity contribution < 1.29 is 4.79 Å². The van der Waals surface area contributed by atoms with Crippen molar-refractivity contribution in [1.82, 2.24) is 24.4 Å². The van der Waals surface area contributed by atoms with Gasteiger partial charge in [0.15, 0.2) is 5.65 Å². The fourth-order valence-electron chi connectivity index (χ4n) is 5.05. The summed E-state index contributed by atoms with van der Waals surface area (Å²) < 4.78 is 3.46. The molecule has 2 aromatic rings. The molecule has 6 rings (SSSR count). The molecule has 4 aliphatic heterocycles. The number of piperidine rings is 2. The number of nitrogens with one attached hydrogen (secondary N) is 1. The third-order valence-corrected chi connectivity index (χ3v) is 6.59. The van der Waals surface area contributed by atoms with E-state index < -0.39 is 0 Å². The molecule has 9 heteroatoms. The van der Waals surface area contributed by atoms with Gasteiger partial charge in [-0.3, -0.25) is 13.9 Å². The van der Waals surface area contributed by atoms with E-state index in [1.165, 1.54) is 0 Å². The zero-order chi connectivity index (χ0) is 21.0. The molecular formula is C21H29N7O2. The van der Waals surface area contributed by atoms with Gasteiger partial charge < -0.3 is 15.2 Å². The Balaban J connectivity index is 1.42. The molecule has 4 aliphatic rings. The summed E-state index contributed by atoms with van der Waals surface area (Å²) in [7, 11) is 1.79. The number of pyridine rings is 1. The molecule has 0 radical (unpaired) electrons. The number of hydrazone groups is 1. The number of amides is 1. The number of aryl methyl sites for hydroxylation is 1. The van der Waals surface area contributed by atoms with Gasteiger partial charge >= 0.3 is 5.69 Å². The number of anilines is 1. The number of aromatic nitrogens is 3. The normalized spacial score (nSPS) is 25.5. The largest absolute Gasteiger partial charge is 0.350 e. The quantitative estimate of drug-likeness (QED) is 0.803. The molecule has 0 spiro atoms. The summed E-state index contributed by atoms with van der Waals surface area (Å²) in [5.41, 5.74) is 4.47. The Bertz CT molecular complexity index is 1070. The highest BCUT2D eigenvalue weighted by Crippen LogP contribution is 2.33.